The second-order valence-corrected chi connectivity index (χ2v) is 14.1. The Balaban J connectivity index is 1.51. The molecule has 2 N–H and O–H groups in total. The van der Waals surface area contributed by atoms with Gasteiger partial charge >= 0.3 is 12.0 Å². The Morgan fingerprint density at radius 1 is 1.20 bits per heavy atom. The Morgan fingerprint density at radius 3 is 2.43 bits per heavy atom. The molecule has 2 amide bonds. The summed E-state index contributed by atoms with van der Waals surface area (Å²) in [5, 5.41) is 13.8. The number of carboxylic acid groups (broad SMARTS) is 1. The summed E-state index contributed by atoms with van der Waals surface area (Å²) < 4.78 is 0. The minimum atomic E-state index is -0.729. The van der Waals surface area contributed by atoms with Crippen LogP contribution in [0.4, 0.5) is 4.79 Å². The lowest BCUT2D eigenvalue weighted by atomic mass is 9.38. The lowest BCUT2D eigenvalue weighted by molar-refractivity contribution is -0.215. The van der Waals surface area contributed by atoms with Crippen LogP contribution in [0.5, 0.6) is 0 Å². The molecule has 4 fully saturated rings. The summed E-state index contributed by atoms with van der Waals surface area (Å²) in [5.74, 6) is -0.480. The molecule has 4 saturated carbocycles. The van der Waals surface area contributed by atoms with E-state index in [1.54, 1.807) is 0 Å². The van der Waals surface area contributed by atoms with E-state index in [4.69, 9.17) is 11.6 Å². The van der Waals surface area contributed by atoms with Crippen molar-refractivity contribution in [3.05, 3.63) is 46.1 Å². The van der Waals surface area contributed by atoms with Crippen LogP contribution in [0.25, 0.3) is 0 Å². The molecule has 1 aromatic rings. The monoisotopic (exact) mass is 498 g/mol. The molecular formula is C29H39ClN2O3. The van der Waals surface area contributed by atoms with Crippen molar-refractivity contribution in [2.24, 2.45) is 22.2 Å². The van der Waals surface area contributed by atoms with E-state index in [0.717, 1.165) is 41.8 Å². The van der Waals surface area contributed by atoms with E-state index < -0.39 is 16.9 Å². The van der Waals surface area contributed by atoms with Crippen LogP contribution in [-0.4, -0.2) is 27.5 Å². The maximum atomic E-state index is 13.6. The first kappa shape index (κ1) is 24.7. The van der Waals surface area contributed by atoms with Gasteiger partial charge in [0.15, 0.2) is 0 Å². The minimum Gasteiger partial charge on any atom is -0.481 e. The van der Waals surface area contributed by atoms with Gasteiger partial charge in [-0.05, 0) is 84.5 Å². The third-order valence-electron chi connectivity index (χ3n) is 9.74. The number of amides is 2. The number of rotatable bonds is 5. The highest BCUT2D eigenvalue weighted by atomic mass is 35.5. The quantitative estimate of drug-likeness (QED) is 0.464. The average Bonchev–Trinajstić information content (AvgIpc) is 2.68. The Bertz CT molecular complexity index is 1110. The fourth-order valence-corrected chi connectivity index (χ4v) is 7.21. The first-order chi connectivity index (χ1) is 16.1. The number of fused-ring (bicyclic) bond motifs is 1. The molecule has 6 rings (SSSR count). The summed E-state index contributed by atoms with van der Waals surface area (Å²) in [6.45, 7) is 13.6. The van der Waals surface area contributed by atoms with Crippen LogP contribution < -0.4 is 5.32 Å². The van der Waals surface area contributed by atoms with E-state index in [2.05, 4.69) is 71.3 Å². The van der Waals surface area contributed by atoms with Crippen molar-refractivity contribution in [3.63, 3.8) is 0 Å². The van der Waals surface area contributed by atoms with Gasteiger partial charge in [-0.1, -0.05) is 65.3 Å². The van der Waals surface area contributed by atoms with E-state index in [1.165, 1.54) is 5.57 Å². The zero-order valence-corrected chi connectivity index (χ0v) is 22.7. The fourth-order valence-electron chi connectivity index (χ4n) is 6.94. The van der Waals surface area contributed by atoms with Gasteiger partial charge in [-0.15, -0.1) is 0 Å². The Kier molecular flexibility index (Phi) is 5.29. The van der Waals surface area contributed by atoms with E-state index in [0.29, 0.717) is 19.3 Å². The van der Waals surface area contributed by atoms with Crippen molar-refractivity contribution < 1.29 is 14.7 Å². The van der Waals surface area contributed by atoms with E-state index in [9.17, 15) is 14.7 Å². The molecule has 6 heteroatoms. The Hall–Kier alpha value is -2.01. The molecule has 2 atom stereocenters. The van der Waals surface area contributed by atoms with E-state index in [-0.39, 0.29) is 28.3 Å². The van der Waals surface area contributed by atoms with Gasteiger partial charge in [0.1, 0.15) is 0 Å². The van der Waals surface area contributed by atoms with Gasteiger partial charge in [0.25, 0.3) is 0 Å². The highest BCUT2D eigenvalue weighted by Crippen LogP contribution is 2.71. The molecule has 0 aromatic heterocycles. The zero-order valence-electron chi connectivity index (χ0n) is 21.9. The molecule has 1 unspecified atom stereocenters. The molecule has 2 bridgehead atoms. The summed E-state index contributed by atoms with van der Waals surface area (Å²) in [6.07, 6.45) is 7.51. The molecule has 1 heterocycles. The van der Waals surface area contributed by atoms with Crippen molar-refractivity contribution >= 4 is 23.6 Å². The van der Waals surface area contributed by atoms with Crippen LogP contribution in [0.15, 0.2) is 30.0 Å². The summed E-state index contributed by atoms with van der Waals surface area (Å²) in [4.78, 5) is 27.1. The highest BCUT2D eigenvalue weighted by Gasteiger charge is 2.75. The smallest absolute Gasteiger partial charge is 0.322 e. The van der Waals surface area contributed by atoms with Gasteiger partial charge < -0.3 is 10.4 Å². The number of aryl methyl sites for hydroxylation is 1. The molecule has 0 spiro atoms. The summed E-state index contributed by atoms with van der Waals surface area (Å²) in [6, 6.07) is 6.23. The van der Waals surface area contributed by atoms with Gasteiger partial charge in [0, 0.05) is 11.2 Å². The molecule has 5 aliphatic rings. The van der Waals surface area contributed by atoms with Crippen molar-refractivity contribution in [2.75, 3.05) is 0 Å². The molecule has 4 aliphatic carbocycles. The predicted octanol–water partition coefficient (Wildman–Crippen LogP) is 6.89. The van der Waals surface area contributed by atoms with Crippen LogP contribution >= 0.6 is 11.6 Å². The van der Waals surface area contributed by atoms with Crippen LogP contribution in [0, 0.1) is 22.2 Å². The van der Waals surface area contributed by atoms with Crippen LogP contribution in [0.1, 0.15) is 91.2 Å². The maximum absolute atomic E-state index is 13.6. The number of nitrogens with zero attached hydrogens (tertiary/aromatic N) is 1. The molecular weight excluding hydrogens is 460 g/mol. The molecule has 5 nitrogen and oxygen atoms in total. The molecule has 0 radical (unpaired) electrons. The SMILES string of the molecule is CC1C2=CN(C34CC(C(=O)O)(C3)C4)C(=O)N[C@@]2(c2ccc(CCC(C)(C)C)c(Cl)c2)CCC1(C)C. The number of nitrogens with one attached hydrogen (secondary N) is 1. The highest BCUT2D eigenvalue weighted by molar-refractivity contribution is 6.31. The second kappa shape index (κ2) is 7.50. The number of urea groups is 1. The van der Waals surface area contributed by atoms with Gasteiger partial charge in [0.05, 0.1) is 16.5 Å². The normalized spacial score (nSPS) is 35.3. The van der Waals surface area contributed by atoms with Crippen LogP contribution in [-0.2, 0) is 16.8 Å². The van der Waals surface area contributed by atoms with Crippen molar-refractivity contribution in [1.29, 1.82) is 0 Å². The topological polar surface area (TPSA) is 69.6 Å². The Morgan fingerprint density at radius 2 is 1.86 bits per heavy atom. The van der Waals surface area contributed by atoms with Crippen molar-refractivity contribution in [1.82, 2.24) is 10.2 Å². The molecule has 0 saturated heterocycles. The van der Waals surface area contributed by atoms with Crippen LogP contribution in [0.2, 0.25) is 5.02 Å². The first-order valence-electron chi connectivity index (χ1n) is 13.0. The fraction of sp³-hybridized carbons (Fsp3) is 0.655. The Labute approximate surface area is 214 Å². The number of benzene rings is 1. The number of hydrogen-bond donors (Lipinski definition) is 2. The number of aliphatic carboxylic acids is 1. The standard InChI is InChI=1S/C29H39ClN2O3/c1-18-21-14-32(28-15-27(16-28,17-28)23(33)34)24(35)31-29(21,12-11-26(18,5)6)20-8-7-19(22(30)13-20)9-10-25(2,3)4/h7-8,13-14,18H,9-12,15-17H2,1-6H3,(H,31,35)(H,33,34)/t18?,27?,28?,29-/m1/s1. The lowest BCUT2D eigenvalue weighted by Crippen LogP contribution is -2.79. The number of halogens is 1. The van der Waals surface area contributed by atoms with Gasteiger partial charge in [-0.25, -0.2) is 4.79 Å². The molecule has 35 heavy (non-hydrogen) atoms. The third-order valence-corrected chi connectivity index (χ3v) is 10.1. The minimum absolute atomic E-state index is 0.0984. The van der Waals surface area contributed by atoms with E-state index >= 15 is 0 Å². The molecule has 1 aliphatic heterocycles. The van der Waals surface area contributed by atoms with Gasteiger partial charge in [-0.2, -0.15) is 0 Å². The average molecular weight is 499 g/mol. The van der Waals surface area contributed by atoms with Gasteiger partial charge in [-0.3, -0.25) is 9.69 Å². The number of carbonyl (C=O) groups excluding carboxylic acids is 1. The predicted molar refractivity (Wildman–Crippen MR) is 138 cm³/mol. The largest absolute Gasteiger partial charge is 0.481 e. The van der Waals surface area contributed by atoms with Gasteiger partial charge in [0.2, 0.25) is 0 Å². The van der Waals surface area contributed by atoms with Crippen LogP contribution in [0.3, 0.4) is 0 Å². The third kappa shape index (κ3) is 3.63. The lowest BCUT2D eigenvalue weighted by Gasteiger charge is -2.71. The van der Waals surface area contributed by atoms with Crippen molar-refractivity contribution in [3.8, 4) is 0 Å². The number of carboxylic acids is 1. The molecule has 190 valence electrons. The molecule has 1 aromatic carbocycles. The second-order valence-electron chi connectivity index (χ2n) is 13.7. The van der Waals surface area contributed by atoms with Crippen molar-refractivity contribution in [2.45, 2.75) is 97.6 Å². The maximum Gasteiger partial charge on any atom is 0.322 e. The number of carbonyl (C=O) groups is 2. The zero-order chi connectivity index (χ0) is 25.6. The summed E-state index contributed by atoms with van der Waals surface area (Å²) in [5.41, 5.74) is 2.18. The van der Waals surface area contributed by atoms with E-state index in [1.807, 2.05) is 4.90 Å². The first-order valence-corrected chi connectivity index (χ1v) is 13.4. The number of hydrogen-bond acceptors (Lipinski definition) is 2. The summed E-state index contributed by atoms with van der Waals surface area (Å²) in [7, 11) is 0. The summed E-state index contributed by atoms with van der Waals surface area (Å²) >= 11 is 6.82.